The lowest BCUT2D eigenvalue weighted by atomic mass is 9.99. The monoisotopic (exact) mass is 313 g/mol. The van der Waals surface area contributed by atoms with E-state index in [0.29, 0.717) is 0 Å². The van der Waals surface area contributed by atoms with Crippen LogP contribution in [-0.2, 0) is 9.59 Å². The summed E-state index contributed by atoms with van der Waals surface area (Å²) in [6.07, 6.45) is 2.82. The molecule has 5 nitrogen and oxygen atoms in total. The van der Waals surface area contributed by atoms with Gasteiger partial charge in [0, 0.05) is 10.8 Å². The van der Waals surface area contributed by atoms with Gasteiger partial charge in [-0.05, 0) is 54.0 Å². The molecule has 120 valence electrons. The summed E-state index contributed by atoms with van der Waals surface area (Å²) in [6.45, 7) is 8.03. The van der Waals surface area contributed by atoms with Crippen LogP contribution in [0.25, 0.3) is 0 Å². The van der Waals surface area contributed by atoms with Gasteiger partial charge in [-0.3, -0.25) is 9.59 Å². The molecule has 3 atom stereocenters. The van der Waals surface area contributed by atoms with Crippen molar-refractivity contribution in [1.82, 2.24) is 15.5 Å². The molecule has 0 radical (unpaired) electrons. The normalized spacial score (nSPS) is 32.0. The van der Waals surface area contributed by atoms with Crippen LogP contribution in [0.15, 0.2) is 0 Å². The molecular formula is C15H27N3O2S. The van der Waals surface area contributed by atoms with Crippen LogP contribution in [0.4, 0.5) is 0 Å². The third kappa shape index (κ3) is 3.21. The Morgan fingerprint density at radius 3 is 2.62 bits per heavy atom. The number of hydrogen-bond donors (Lipinski definition) is 2. The third-order valence-corrected chi connectivity index (χ3v) is 5.78. The Bertz CT molecular complexity index is 425. The van der Waals surface area contributed by atoms with Crippen molar-refractivity contribution in [1.29, 1.82) is 0 Å². The highest BCUT2D eigenvalue weighted by atomic mass is 32.2. The van der Waals surface area contributed by atoms with Gasteiger partial charge in [0.1, 0.15) is 6.04 Å². The van der Waals surface area contributed by atoms with Gasteiger partial charge in [0.25, 0.3) is 0 Å². The highest BCUT2D eigenvalue weighted by Gasteiger charge is 2.54. The third-order valence-electron chi connectivity index (χ3n) is 4.21. The summed E-state index contributed by atoms with van der Waals surface area (Å²) < 4.78 is -0.255. The molecule has 2 heterocycles. The number of carbonyl (C=O) groups excluding carboxylic acids is 2. The highest BCUT2D eigenvalue weighted by Crippen LogP contribution is 2.47. The Morgan fingerprint density at radius 1 is 1.38 bits per heavy atom. The first kappa shape index (κ1) is 16.6. The van der Waals surface area contributed by atoms with Crippen molar-refractivity contribution in [3.8, 4) is 0 Å². The molecule has 2 aliphatic heterocycles. The highest BCUT2D eigenvalue weighted by molar-refractivity contribution is 8.01. The predicted molar refractivity (Wildman–Crippen MR) is 86.1 cm³/mol. The molecule has 2 aliphatic rings. The minimum absolute atomic E-state index is 0.0323. The second-order valence-corrected chi connectivity index (χ2v) is 8.59. The van der Waals surface area contributed by atoms with Gasteiger partial charge in [-0.25, -0.2) is 0 Å². The summed E-state index contributed by atoms with van der Waals surface area (Å²) in [5.41, 5.74) is 0. The first-order valence-electron chi connectivity index (χ1n) is 7.75. The number of hydrogen-bond acceptors (Lipinski definition) is 4. The number of carbonyl (C=O) groups is 2. The van der Waals surface area contributed by atoms with Crippen LogP contribution >= 0.6 is 11.8 Å². The Labute approximate surface area is 131 Å². The summed E-state index contributed by atoms with van der Waals surface area (Å²) >= 11 is 1.76. The van der Waals surface area contributed by atoms with Gasteiger partial charge in [0.05, 0.1) is 11.4 Å². The minimum atomic E-state index is -0.392. The smallest absolute Gasteiger partial charge is 0.244 e. The van der Waals surface area contributed by atoms with Crippen molar-refractivity contribution < 1.29 is 9.59 Å². The molecule has 2 amide bonds. The number of rotatable bonds is 3. The second kappa shape index (κ2) is 6.16. The molecular weight excluding hydrogens is 286 g/mol. The molecule has 0 saturated carbocycles. The van der Waals surface area contributed by atoms with Crippen LogP contribution in [0.5, 0.6) is 0 Å². The SMILES string of the molecule is CN[C@@H]1CCC[C@@H]2SC(C)(C)[C@@H](C(=O)NC(C)C)N2C1=O. The molecule has 6 heteroatoms. The lowest BCUT2D eigenvalue weighted by Crippen LogP contribution is -2.58. The second-order valence-electron chi connectivity index (χ2n) is 6.76. The van der Waals surface area contributed by atoms with E-state index in [9.17, 15) is 9.59 Å². The van der Waals surface area contributed by atoms with Crippen molar-refractivity contribution in [3.05, 3.63) is 0 Å². The number of likely N-dealkylation sites (N-methyl/N-ethyl adjacent to an activating group) is 1. The minimum Gasteiger partial charge on any atom is -0.352 e. The average Bonchev–Trinajstić information content (AvgIpc) is 2.55. The molecule has 2 rings (SSSR count). The van der Waals surface area contributed by atoms with Gasteiger partial charge in [-0.15, -0.1) is 11.8 Å². The lowest BCUT2D eigenvalue weighted by Gasteiger charge is -2.33. The largest absolute Gasteiger partial charge is 0.352 e. The Hall–Kier alpha value is -0.750. The Kier molecular flexibility index (Phi) is 4.88. The molecule has 0 unspecified atom stereocenters. The zero-order valence-electron chi connectivity index (χ0n) is 13.6. The Balaban J connectivity index is 2.31. The molecule has 0 aromatic rings. The molecule has 0 aromatic heterocycles. The average molecular weight is 313 g/mol. The molecule has 0 aromatic carbocycles. The van der Waals surface area contributed by atoms with E-state index in [-0.39, 0.29) is 34.0 Å². The molecule has 2 fully saturated rings. The van der Waals surface area contributed by atoms with Crippen LogP contribution in [0.3, 0.4) is 0 Å². The summed E-state index contributed by atoms with van der Waals surface area (Å²) in [5, 5.41) is 6.20. The fourth-order valence-electron chi connectivity index (χ4n) is 3.31. The maximum absolute atomic E-state index is 12.8. The zero-order chi connectivity index (χ0) is 15.8. The number of nitrogens with zero attached hydrogens (tertiary/aromatic N) is 1. The summed E-state index contributed by atoms with van der Waals surface area (Å²) in [7, 11) is 1.82. The van der Waals surface area contributed by atoms with Crippen LogP contribution in [-0.4, -0.2) is 52.0 Å². The van der Waals surface area contributed by atoms with E-state index in [4.69, 9.17) is 0 Å². The summed E-state index contributed by atoms with van der Waals surface area (Å²) in [6, 6.07) is -0.477. The van der Waals surface area contributed by atoms with Crippen molar-refractivity contribution in [2.75, 3.05) is 7.05 Å². The van der Waals surface area contributed by atoms with E-state index in [1.807, 2.05) is 25.8 Å². The topological polar surface area (TPSA) is 61.4 Å². The van der Waals surface area contributed by atoms with E-state index < -0.39 is 6.04 Å². The van der Waals surface area contributed by atoms with E-state index in [1.54, 1.807) is 11.8 Å². The van der Waals surface area contributed by atoms with E-state index >= 15 is 0 Å². The quantitative estimate of drug-likeness (QED) is 0.825. The number of fused-ring (bicyclic) bond motifs is 1. The first-order chi connectivity index (χ1) is 9.77. The zero-order valence-corrected chi connectivity index (χ0v) is 14.4. The molecule has 0 aliphatic carbocycles. The van der Waals surface area contributed by atoms with Gasteiger partial charge in [-0.2, -0.15) is 0 Å². The Morgan fingerprint density at radius 2 is 2.05 bits per heavy atom. The van der Waals surface area contributed by atoms with Crippen molar-refractivity contribution >= 4 is 23.6 Å². The van der Waals surface area contributed by atoms with Gasteiger partial charge in [-0.1, -0.05) is 0 Å². The fourth-order valence-corrected chi connectivity index (χ4v) is 4.99. The molecule has 21 heavy (non-hydrogen) atoms. The number of thioether (sulfide) groups is 1. The standard InChI is InChI=1S/C15H27N3O2S/c1-9(2)17-13(19)12-15(3,4)21-11-8-6-7-10(16-5)14(20)18(11)12/h9-12,16H,6-8H2,1-5H3,(H,17,19)/t10-,11+,12-/m1/s1. The molecule has 2 N–H and O–H groups in total. The van der Waals surface area contributed by atoms with E-state index in [1.165, 1.54) is 0 Å². The van der Waals surface area contributed by atoms with Crippen molar-refractivity contribution in [3.63, 3.8) is 0 Å². The fraction of sp³-hybridized carbons (Fsp3) is 0.867. The van der Waals surface area contributed by atoms with Crippen LogP contribution < -0.4 is 10.6 Å². The predicted octanol–water partition coefficient (Wildman–Crippen LogP) is 1.33. The van der Waals surface area contributed by atoms with E-state index in [2.05, 4.69) is 24.5 Å². The number of amides is 2. The number of nitrogens with one attached hydrogen (secondary N) is 2. The van der Waals surface area contributed by atoms with Gasteiger partial charge >= 0.3 is 0 Å². The van der Waals surface area contributed by atoms with Crippen molar-refractivity contribution in [2.24, 2.45) is 0 Å². The maximum atomic E-state index is 12.8. The van der Waals surface area contributed by atoms with Crippen LogP contribution in [0.1, 0.15) is 47.0 Å². The van der Waals surface area contributed by atoms with Gasteiger partial charge in [0.15, 0.2) is 0 Å². The molecule has 0 bridgehead atoms. The summed E-state index contributed by atoms with van der Waals surface area (Å²) in [5.74, 6) is 0.0390. The van der Waals surface area contributed by atoms with Crippen LogP contribution in [0, 0.1) is 0 Å². The molecule has 0 spiro atoms. The lowest BCUT2D eigenvalue weighted by molar-refractivity contribution is -0.142. The van der Waals surface area contributed by atoms with Gasteiger partial charge in [0.2, 0.25) is 11.8 Å². The van der Waals surface area contributed by atoms with Gasteiger partial charge < -0.3 is 15.5 Å². The first-order valence-corrected chi connectivity index (χ1v) is 8.63. The maximum Gasteiger partial charge on any atom is 0.244 e. The van der Waals surface area contributed by atoms with Crippen LogP contribution in [0.2, 0.25) is 0 Å². The van der Waals surface area contributed by atoms with E-state index in [0.717, 1.165) is 19.3 Å². The molecule has 2 saturated heterocycles. The van der Waals surface area contributed by atoms with Crippen molar-refractivity contribution in [2.45, 2.75) is 75.2 Å². The summed E-state index contributed by atoms with van der Waals surface area (Å²) in [4.78, 5) is 27.3.